The third-order valence-electron chi connectivity index (χ3n) is 6.59. The predicted molar refractivity (Wildman–Crippen MR) is 112 cm³/mol. The van der Waals surface area contributed by atoms with Gasteiger partial charge < -0.3 is 10.6 Å². The van der Waals surface area contributed by atoms with Crippen LogP contribution in [0.2, 0.25) is 0 Å². The Morgan fingerprint density at radius 2 is 1.77 bits per heavy atom. The minimum Gasteiger partial charge on any atom is -0.369 e. The number of carbonyl (C=O) groups is 4. The number of rotatable bonds is 3. The molecule has 2 aromatic carbocycles. The van der Waals surface area contributed by atoms with E-state index in [1.165, 1.54) is 5.56 Å². The van der Waals surface area contributed by atoms with Crippen molar-refractivity contribution in [2.24, 2.45) is 5.73 Å². The number of hydrogen-bond donors (Lipinski definition) is 2. The number of anilines is 1. The summed E-state index contributed by atoms with van der Waals surface area (Å²) in [4.78, 5) is 52.6. The molecule has 31 heavy (non-hydrogen) atoms. The predicted octanol–water partition coefficient (Wildman–Crippen LogP) is 1.15. The molecule has 0 bridgehead atoms. The van der Waals surface area contributed by atoms with Gasteiger partial charge in [0.15, 0.2) is 0 Å². The summed E-state index contributed by atoms with van der Waals surface area (Å²) in [6.45, 7) is 0. The first kappa shape index (κ1) is 19.4. The number of hydrogen-bond acceptors (Lipinski definition) is 6. The Morgan fingerprint density at radius 3 is 2.52 bits per heavy atom. The van der Waals surface area contributed by atoms with Crippen LogP contribution in [-0.4, -0.2) is 47.7 Å². The molecule has 0 saturated carbocycles. The van der Waals surface area contributed by atoms with Gasteiger partial charge in [-0.3, -0.25) is 29.4 Å². The van der Waals surface area contributed by atoms with Crippen LogP contribution < -0.4 is 16.0 Å². The van der Waals surface area contributed by atoms with E-state index >= 15 is 0 Å². The number of benzene rings is 2. The number of piperidine rings is 1. The summed E-state index contributed by atoms with van der Waals surface area (Å²) in [5, 5.41) is 2.21. The molecule has 0 spiro atoms. The summed E-state index contributed by atoms with van der Waals surface area (Å²) in [5.74, 6) is -2.02. The third-order valence-corrected chi connectivity index (χ3v) is 6.59. The molecule has 3 atom stereocenters. The van der Waals surface area contributed by atoms with Crippen LogP contribution in [0.25, 0.3) is 0 Å². The summed E-state index contributed by atoms with van der Waals surface area (Å²) in [6.07, 6.45) is 1.02. The van der Waals surface area contributed by atoms with Gasteiger partial charge in [-0.25, -0.2) is 0 Å². The van der Waals surface area contributed by atoms with Gasteiger partial charge in [-0.1, -0.05) is 24.3 Å². The largest absolute Gasteiger partial charge is 0.369 e. The number of fused-ring (bicyclic) bond motifs is 2. The molecular weight excluding hydrogens is 396 g/mol. The van der Waals surface area contributed by atoms with Crippen LogP contribution in [-0.2, 0) is 16.0 Å². The van der Waals surface area contributed by atoms with Crippen molar-refractivity contribution in [3.8, 4) is 0 Å². The van der Waals surface area contributed by atoms with Crippen molar-refractivity contribution in [3.05, 3.63) is 64.7 Å². The molecule has 8 heteroatoms. The van der Waals surface area contributed by atoms with Crippen LogP contribution in [0.3, 0.4) is 0 Å². The van der Waals surface area contributed by atoms with Gasteiger partial charge in [0, 0.05) is 19.2 Å². The van der Waals surface area contributed by atoms with Gasteiger partial charge in [0.05, 0.1) is 23.2 Å². The van der Waals surface area contributed by atoms with Crippen molar-refractivity contribution in [1.82, 2.24) is 10.2 Å². The molecule has 0 aromatic heterocycles. The van der Waals surface area contributed by atoms with Crippen LogP contribution in [0.4, 0.5) is 5.69 Å². The van der Waals surface area contributed by atoms with E-state index in [-0.39, 0.29) is 36.1 Å². The average Bonchev–Trinajstić information content (AvgIpc) is 3.22. The minimum absolute atomic E-state index is 0.0221. The zero-order valence-electron chi connectivity index (χ0n) is 17.0. The number of nitrogens with two attached hydrogens (primary N) is 1. The molecular formula is C23H22N4O4. The topological polar surface area (TPSA) is 113 Å². The fraction of sp³-hybridized carbons (Fsp3) is 0.304. The summed E-state index contributed by atoms with van der Waals surface area (Å²) in [5.41, 5.74) is 10.1. The highest BCUT2D eigenvalue weighted by Crippen LogP contribution is 2.36. The van der Waals surface area contributed by atoms with Crippen molar-refractivity contribution < 1.29 is 19.2 Å². The fourth-order valence-electron chi connectivity index (χ4n) is 4.85. The Morgan fingerprint density at radius 1 is 1.03 bits per heavy atom. The standard InChI is InChI=1S/C23H22N4O4/c1-26(18-10-12-4-2-3-5-14(12)20(18)24)13-6-7-15-16(11-13)23(31)27(22(15)30)17-8-9-19(28)25-21(17)29/h2-7,11,17-18,20H,8-10,24H2,1H3,(H,25,28,29)/t17?,18-,20+/m0/s1. The number of likely N-dealkylation sites (N-methyl/N-ethyl adjacent to an activating group) is 1. The van der Waals surface area contributed by atoms with Crippen molar-refractivity contribution in [3.63, 3.8) is 0 Å². The Labute approximate surface area is 179 Å². The lowest BCUT2D eigenvalue weighted by atomic mass is 10.0. The number of nitrogens with one attached hydrogen (secondary N) is 1. The van der Waals surface area contributed by atoms with Gasteiger partial charge in [0.25, 0.3) is 11.8 Å². The molecule has 3 aliphatic rings. The first-order valence-corrected chi connectivity index (χ1v) is 10.3. The molecule has 1 aliphatic carbocycles. The molecule has 3 N–H and O–H groups in total. The number of amides is 4. The van der Waals surface area contributed by atoms with E-state index in [4.69, 9.17) is 5.73 Å². The van der Waals surface area contributed by atoms with Gasteiger partial charge in [0.1, 0.15) is 6.04 Å². The highest BCUT2D eigenvalue weighted by atomic mass is 16.2. The van der Waals surface area contributed by atoms with Gasteiger partial charge in [0.2, 0.25) is 11.8 Å². The maximum atomic E-state index is 13.1. The van der Waals surface area contributed by atoms with Gasteiger partial charge in [-0.15, -0.1) is 0 Å². The number of imide groups is 2. The summed E-state index contributed by atoms with van der Waals surface area (Å²) >= 11 is 0. The van der Waals surface area contributed by atoms with Gasteiger partial charge >= 0.3 is 0 Å². The highest BCUT2D eigenvalue weighted by molar-refractivity contribution is 6.23. The molecule has 0 radical (unpaired) electrons. The van der Waals surface area contributed by atoms with Crippen LogP contribution in [0.15, 0.2) is 42.5 Å². The molecule has 2 heterocycles. The molecule has 8 nitrogen and oxygen atoms in total. The van der Waals surface area contributed by atoms with Crippen LogP contribution in [0, 0.1) is 0 Å². The molecule has 5 rings (SSSR count). The number of carbonyl (C=O) groups excluding carboxylic acids is 4. The van der Waals surface area contributed by atoms with E-state index in [0.29, 0.717) is 0 Å². The zero-order valence-corrected chi connectivity index (χ0v) is 17.0. The Bertz CT molecular complexity index is 1140. The first-order valence-electron chi connectivity index (χ1n) is 10.3. The summed E-state index contributed by atoms with van der Waals surface area (Å²) in [6, 6.07) is 12.1. The molecule has 2 aromatic rings. The first-order chi connectivity index (χ1) is 14.9. The van der Waals surface area contributed by atoms with E-state index in [9.17, 15) is 19.2 Å². The molecule has 1 saturated heterocycles. The Hall–Kier alpha value is -3.52. The monoisotopic (exact) mass is 418 g/mol. The van der Waals surface area contributed by atoms with E-state index in [1.807, 2.05) is 30.1 Å². The van der Waals surface area contributed by atoms with Gasteiger partial charge in [-0.05, 0) is 42.2 Å². The van der Waals surface area contributed by atoms with Gasteiger partial charge in [-0.2, -0.15) is 0 Å². The third kappa shape index (κ3) is 2.94. The average molecular weight is 418 g/mol. The molecule has 158 valence electrons. The van der Waals surface area contributed by atoms with Crippen LogP contribution in [0.1, 0.15) is 50.7 Å². The smallest absolute Gasteiger partial charge is 0.262 e. The van der Waals surface area contributed by atoms with Crippen molar-refractivity contribution in [1.29, 1.82) is 0 Å². The van der Waals surface area contributed by atoms with E-state index in [0.717, 1.165) is 22.6 Å². The summed E-state index contributed by atoms with van der Waals surface area (Å²) in [7, 11) is 1.93. The number of nitrogens with zero attached hydrogens (tertiary/aromatic N) is 2. The maximum Gasteiger partial charge on any atom is 0.262 e. The second-order valence-electron chi connectivity index (χ2n) is 8.28. The molecule has 4 amide bonds. The summed E-state index contributed by atoms with van der Waals surface area (Å²) < 4.78 is 0. The van der Waals surface area contributed by atoms with E-state index < -0.39 is 29.7 Å². The molecule has 1 fully saturated rings. The zero-order chi connectivity index (χ0) is 21.9. The molecule has 1 unspecified atom stereocenters. The lowest BCUT2D eigenvalue weighted by Crippen LogP contribution is -2.54. The van der Waals surface area contributed by atoms with Crippen LogP contribution >= 0.6 is 0 Å². The van der Waals surface area contributed by atoms with Crippen LogP contribution in [0.5, 0.6) is 0 Å². The fourth-order valence-corrected chi connectivity index (χ4v) is 4.85. The van der Waals surface area contributed by atoms with E-state index in [2.05, 4.69) is 11.4 Å². The maximum absolute atomic E-state index is 13.1. The van der Waals surface area contributed by atoms with Crippen molar-refractivity contribution in [2.45, 2.75) is 37.4 Å². The lowest BCUT2D eigenvalue weighted by Gasteiger charge is -2.30. The minimum atomic E-state index is -0.968. The van der Waals surface area contributed by atoms with Crippen molar-refractivity contribution >= 4 is 29.3 Å². The van der Waals surface area contributed by atoms with E-state index in [1.54, 1.807) is 18.2 Å². The highest BCUT2D eigenvalue weighted by Gasteiger charge is 2.45. The molecule has 2 aliphatic heterocycles. The second-order valence-corrected chi connectivity index (χ2v) is 8.28. The SMILES string of the molecule is CN(c1ccc2c(c1)C(=O)N(C1CCC(=O)NC1=O)C2=O)[C@H]1Cc2ccccc2[C@H]1N. The normalized spacial score (nSPS) is 24.8. The second kappa shape index (κ2) is 7.02. The Balaban J connectivity index is 1.42. The van der Waals surface area contributed by atoms with Crippen molar-refractivity contribution in [2.75, 3.05) is 11.9 Å². The lowest BCUT2D eigenvalue weighted by molar-refractivity contribution is -0.136. The quantitative estimate of drug-likeness (QED) is 0.723. The Kier molecular flexibility index (Phi) is 4.40.